The van der Waals surface area contributed by atoms with Gasteiger partial charge in [-0.1, -0.05) is 12.1 Å². The highest BCUT2D eigenvalue weighted by Gasteiger charge is 2.45. The van der Waals surface area contributed by atoms with Crippen molar-refractivity contribution in [1.82, 2.24) is 10.2 Å². The zero-order valence-electron chi connectivity index (χ0n) is 11.7. The van der Waals surface area contributed by atoms with Crippen molar-refractivity contribution in [1.29, 1.82) is 0 Å². The largest absolute Gasteiger partial charge is 0.396 e. The first-order valence-corrected chi connectivity index (χ1v) is 6.99. The zero-order valence-corrected chi connectivity index (χ0v) is 11.7. The highest BCUT2D eigenvalue weighted by Crippen LogP contribution is 2.29. The first-order valence-electron chi connectivity index (χ1n) is 6.99. The van der Waals surface area contributed by atoms with Crippen molar-refractivity contribution in [3.05, 3.63) is 34.9 Å². The van der Waals surface area contributed by atoms with Crippen LogP contribution in [0.1, 0.15) is 39.1 Å². The fraction of sp³-hybridized carbons (Fsp3) is 0.333. The molecule has 1 aromatic carbocycles. The van der Waals surface area contributed by atoms with Gasteiger partial charge in [-0.2, -0.15) is 0 Å². The minimum atomic E-state index is -0.966. The molecule has 3 rings (SSSR count). The van der Waals surface area contributed by atoms with Crippen LogP contribution >= 0.6 is 0 Å². The van der Waals surface area contributed by atoms with Crippen LogP contribution in [-0.4, -0.2) is 46.3 Å². The molecule has 0 saturated carbocycles. The third-order valence-electron chi connectivity index (χ3n) is 3.94. The molecule has 2 N–H and O–H groups in total. The first kappa shape index (κ1) is 14.4. The number of carbonyl (C=O) groups is 4. The molecule has 2 aliphatic rings. The van der Waals surface area contributed by atoms with Crippen LogP contribution in [0.3, 0.4) is 0 Å². The number of nitrogens with one attached hydrogen (secondary N) is 1. The van der Waals surface area contributed by atoms with Crippen LogP contribution in [-0.2, 0) is 16.0 Å². The SMILES string of the molecule is O=C1CCC(N2C(=O)c3cccc(CCO)c3C2=O)C(=O)N1. The van der Waals surface area contributed by atoms with E-state index in [0.717, 1.165) is 4.90 Å². The summed E-state index contributed by atoms with van der Waals surface area (Å²) < 4.78 is 0. The molecule has 114 valence electrons. The van der Waals surface area contributed by atoms with Gasteiger partial charge in [0.2, 0.25) is 11.8 Å². The maximum absolute atomic E-state index is 12.6. The summed E-state index contributed by atoms with van der Waals surface area (Å²) >= 11 is 0. The Morgan fingerprint density at radius 3 is 2.64 bits per heavy atom. The van der Waals surface area contributed by atoms with Gasteiger partial charge in [-0.25, -0.2) is 0 Å². The van der Waals surface area contributed by atoms with Crippen molar-refractivity contribution in [2.45, 2.75) is 25.3 Å². The smallest absolute Gasteiger partial charge is 0.262 e. The molecule has 0 radical (unpaired) electrons. The lowest BCUT2D eigenvalue weighted by Crippen LogP contribution is -2.54. The predicted octanol–water partition coefficient (Wildman–Crippen LogP) is -0.377. The van der Waals surface area contributed by atoms with Crippen molar-refractivity contribution in [3.8, 4) is 0 Å². The van der Waals surface area contributed by atoms with Crippen LogP contribution in [0.2, 0.25) is 0 Å². The third-order valence-corrected chi connectivity index (χ3v) is 3.94. The fourth-order valence-corrected chi connectivity index (χ4v) is 2.91. The van der Waals surface area contributed by atoms with Gasteiger partial charge in [0.1, 0.15) is 6.04 Å². The average Bonchev–Trinajstić information content (AvgIpc) is 2.73. The van der Waals surface area contributed by atoms with E-state index >= 15 is 0 Å². The van der Waals surface area contributed by atoms with E-state index in [1.54, 1.807) is 12.1 Å². The molecule has 2 heterocycles. The highest BCUT2D eigenvalue weighted by molar-refractivity contribution is 6.24. The molecule has 2 aliphatic heterocycles. The molecular weight excluding hydrogens is 288 g/mol. The Labute approximate surface area is 125 Å². The molecule has 0 spiro atoms. The van der Waals surface area contributed by atoms with Crippen LogP contribution in [0.4, 0.5) is 0 Å². The van der Waals surface area contributed by atoms with E-state index in [9.17, 15) is 19.2 Å². The molecule has 4 amide bonds. The summed E-state index contributed by atoms with van der Waals surface area (Å²) in [5.74, 6) is -2.11. The molecule has 1 atom stereocenters. The summed E-state index contributed by atoms with van der Waals surface area (Å²) in [6.07, 6.45) is 0.476. The summed E-state index contributed by atoms with van der Waals surface area (Å²) in [7, 11) is 0. The van der Waals surface area contributed by atoms with E-state index < -0.39 is 29.7 Å². The minimum Gasteiger partial charge on any atom is -0.396 e. The number of aliphatic hydroxyl groups is 1. The number of aliphatic hydroxyl groups excluding tert-OH is 1. The number of hydrogen-bond acceptors (Lipinski definition) is 5. The van der Waals surface area contributed by atoms with Crippen LogP contribution in [0.15, 0.2) is 18.2 Å². The quantitative estimate of drug-likeness (QED) is 0.741. The number of rotatable bonds is 3. The van der Waals surface area contributed by atoms with Gasteiger partial charge in [-0.05, 0) is 24.5 Å². The Balaban J connectivity index is 1.98. The minimum absolute atomic E-state index is 0.0906. The number of imide groups is 2. The standard InChI is InChI=1S/C15H14N2O5/c18-7-6-8-2-1-3-9-12(8)15(22)17(14(9)21)10-4-5-11(19)16-13(10)20/h1-3,10,18H,4-7H2,(H,16,19,20). The maximum atomic E-state index is 12.6. The van der Waals surface area contributed by atoms with Crippen molar-refractivity contribution in [3.63, 3.8) is 0 Å². The van der Waals surface area contributed by atoms with Crippen molar-refractivity contribution in [2.24, 2.45) is 0 Å². The highest BCUT2D eigenvalue weighted by atomic mass is 16.3. The molecule has 7 heteroatoms. The van der Waals surface area contributed by atoms with E-state index in [1.807, 2.05) is 0 Å². The van der Waals surface area contributed by atoms with Gasteiger partial charge < -0.3 is 5.11 Å². The molecule has 1 aromatic rings. The van der Waals surface area contributed by atoms with Crippen LogP contribution in [0.5, 0.6) is 0 Å². The van der Waals surface area contributed by atoms with Gasteiger partial charge in [0.05, 0.1) is 11.1 Å². The molecule has 1 saturated heterocycles. The Morgan fingerprint density at radius 2 is 1.95 bits per heavy atom. The van der Waals surface area contributed by atoms with Gasteiger partial charge >= 0.3 is 0 Å². The number of piperidine rings is 1. The average molecular weight is 302 g/mol. The van der Waals surface area contributed by atoms with Gasteiger partial charge in [0.25, 0.3) is 11.8 Å². The second-order valence-electron chi connectivity index (χ2n) is 5.26. The third kappa shape index (κ3) is 2.10. The second kappa shape index (κ2) is 5.34. The summed E-state index contributed by atoms with van der Waals surface area (Å²) in [6.45, 7) is -0.143. The molecule has 0 bridgehead atoms. The number of carbonyl (C=O) groups excluding carboxylic acids is 4. The molecule has 1 fully saturated rings. The maximum Gasteiger partial charge on any atom is 0.262 e. The second-order valence-corrected chi connectivity index (χ2v) is 5.26. The lowest BCUT2D eigenvalue weighted by molar-refractivity contribution is -0.136. The van der Waals surface area contributed by atoms with E-state index in [0.29, 0.717) is 5.56 Å². The van der Waals surface area contributed by atoms with Gasteiger partial charge in [-0.15, -0.1) is 0 Å². The van der Waals surface area contributed by atoms with E-state index in [1.165, 1.54) is 6.07 Å². The van der Waals surface area contributed by atoms with E-state index in [4.69, 9.17) is 5.11 Å². The van der Waals surface area contributed by atoms with Crippen molar-refractivity contribution >= 4 is 23.6 Å². The van der Waals surface area contributed by atoms with Crippen molar-refractivity contribution < 1.29 is 24.3 Å². The van der Waals surface area contributed by atoms with E-state index in [2.05, 4.69) is 5.32 Å². The van der Waals surface area contributed by atoms with Gasteiger partial charge in [-0.3, -0.25) is 29.4 Å². The van der Waals surface area contributed by atoms with Crippen molar-refractivity contribution in [2.75, 3.05) is 6.61 Å². The Bertz CT molecular complexity index is 697. The molecule has 0 aliphatic carbocycles. The van der Waals surface area contributed by atoms with Crippen LogP contribution in [0, 0.1) is 0 Å². The fourth-order valence-electron chi connectivity index (χ4n) is 2.91. The lowest BCUT2D eigenvalue weighted by atomic mass is 10.0. The molecule has 22 heavy (non-hydrogen) atoms. The molecule has 7 nitrogen and oxygen atoms in total. The number of nitrogens with zero attached hydrogens (tertiary/aromatic N) is 1. The normalized spacial score (nSPS) is 21.1. The van der Waals surface area contributed by atoms with E-state index in [-0.39, 0.29) is 37.0 Å². The Hall–Kier alpha value is -2.54. The van der Waals surface area contributed by atoms with Gasteiger partial charge in [0.15, 0.2) is 0 Å². The predicted molar refractivity (Wildman–Crippen MR) is 73.9 cm³/mol. The Morgan fingerprint density at radius 1 is 1.18 bits per heavy atom. The zero-order chi connectivity index (χ0) is 15.9. The number of hydrogen-bond donors (Lipinski definition) is 2. The van der Waals surface area contributed by atoms with Crippen LogP contribution in [0.25, 0.3) is 0 Å². The molecule has 0 aromatic heterocycles. The summed E-state index contributed by atoms with van der Waals surface area (Å²) in [6, 6.07) is 3.88. The number of amides is 4. The summed E-state index contributed by atoms with van der Waals surface area (Å²) in [5.41, 5.74) is 1.06. The number of benzene rings is 1. The topological polar surface area (TPSA) is 104 Å². The van der Waals surface area contributed by atoms with Gasteiger partial charge in [0, 0.05) is 13.0 Å². The molecule has 1 unspecified atom stereocenters. The Kier molecular flexibility index (Phi) is 3.50. The monoisotopic (exact) mass is 302 g/mol. The van der Waals surface area contributed by atoms with Crippen LogP contribution < -0.4 is 5.32 Å². The summed E-state index contributed by atoms with van der Waals surface area (Å²) in [4.78, 5) is 49.1. The molecular formula is C15H14N2O5. The summed E-state index contributed by atoms with van der Waals surface area (Å²) in [5, 5.41) is 11.2. The first-order chi connectivity index (χ1) is 10.5. The lowest BCUT2D eigenvalue weighted by Gasteiger charge is -2.27. The number of fused-ring (bicyclic) bond motifs is 1.